The lowest BCUT2D eigenvalue weighted by Gasteiger charge is -2.35. The van der Waals surface area contributed by atoms with Crippen molar-refractivity contribution in [1.82, 2.24) is 5.32 Å². The standard InChI is InChI=1S/C13H21NO3S/c15-11(10-4-8-18-9-5-10)14-13(12(16)17)6-2-1-3-7-13/h10H,1-9H2,(H,14,15)(H,16,17). The molecule has 2 fully saturated rings. The Bertz CT molecular complexity index is 320. The van der Waals surface area contributed by atoms with Gasteiger partial charge < -0.3 is 10.4 Å². The van der Waals surface area contributed by atoms with E-state index in [0.717, 1.165) is 43.6 Å². The van der Waals surface area contributed by atoms with E-state index in [1.54, 1.807) is 0 Å². The number of carboxylic acids is 1. The van der Waals surface area contributed by atoms with Crippen LogP contribution in [0.15, 0.2) is 0 Å². The molecule has 1 saturated heterocycles. The second-order valence-corrected chi connectivity index (χ2v) is 6.55. The number of thioether (sulfide) groups is 1. The molecule has 1 aliphatic carbocycles. The van der Waals surface area contributed by atoms with Crippen LogP contribution in [0, 0.1) is 5.92 Å². The Morgan fingerprint density at radius 1 is 1.11 bits per heavy atom. The predicted octanol–water partition coefficient (Wildman–Crippen LogP) is 2.03. The lowest BCUT2D eigenvalue weighted by molar-refractivity contribution is -0.150. The quantitative estimate of drug-likeness (QED) is 0.824. The van der Waals surface area contributed by atoms with E-state index in [-0.39, 0.29) is 11.8 Å². The molecule has 0 aromatic carbocycles. The molecule has 0 aromatic heterocycles. The van der Waals surface area contributed by atoms with Crippen LogP contribution in [-0.2, 0) is 9.59 Å². The van der Waals surface area contributed by atoms with Gasteiger partial charge in [0.1, 0.15) is 5.54 Å². The van der Waals surface area contributed by atoms with Crippen LogP contribution in [0.25, 0.3) is 0 Å². The van der Waals surface area contributed by atoms with Crippen LogP contribution in [0.1, 0.15) is 44.9 Å². The summed E-state index contributed by atoms with van der Waals surface area (Å²) < 4.78 is 0. The van der Waals surface area contributed by atoms with E-state index < -0.39 is 11.5 Å². The summed E-state index contributed by atoms with van der Waals surface area (Å²) in [6, 6.07) is 0. The molecular formula is C13H21NO3S. The van der Waals surface area contributed by atoms with Crippen molar-refractivity contribution in [2.75, 3.05) is 11.5 Å². The SMILES string of the molecule is O=C(NC1(C(=O)O)CCCCC1)C1CCSCC1. The van der Waals surface area contributed by atoms with Gasteiger partial charge in [-0.05, 0) is 37.2 Å². The molecule has 1 amide bonds. The van der Waals surface area contributed by atoms with Gasteiger partial charge in [0.15, 0.2) is 0 Å². The Hall–Kier alpha value is -0.710. The fourth-order valence-corrected chi connectivity index (χ4v) is 3.95. The summed E-state index contributed by atoms with van der Waals surface area (Å²) in [6.07, 6.45) is 5.79. The molecule has 0 bridgehead atoms. The van der Waals surface area contributed by atoms with E-state index >= 15 is 0 Å². The zero-order valence-corrected chi connectivity index (χ0v) is 11.4. The maximum atomic E-state index is 12.2. The van der Waals surface area contributed by atoms with Crippen molar-refractivity contribution < 1.29 is 14.7 Å². The maximum absolute atomic E-state index is 12.2. The van der Waals surface area contributed by atoms with Gasteiger partial charge in [-0.2, -0.15) is 11.8 Å². The molecule has 0 aromatic rings. The lowest BCUT2D eigenvalue weighted by atomic mass is 9.81. The third-order valence-corrected chi connectivity index (χ3v) is 5.12. The first-order valence-electron chi connectivity index (χ1n) is 6.77. The Morgan fingerprint density at radius 2 is 1.72 bits per heavy atom. The molecule has 5 heteroatoms. The van der Waals surface area contributed by atoms with Crippen molar-refractivity contribution in [2.45, 2.75) is 50.5 Å². The van der Waals surface area contributed by atoms with Crippen LogP contribution in [0.3, 0.4) is 0 Å². The van der Waals surface area contributed by atoms with Gasteiger partial charge in [-0.3, -0.25) is 4.79 Å². The second kappa shape index (κ2) is 5.95. The number of hydrogen-bond donors (Lipinski definition) is 2. The Kier molecular flexibility index (Phi) is 4.54. The summed E-state index contributed by atoms with van der Waals surface area (Å²) in [5.74, 6) is 1.14. The number of carbonyl (C=O) groups excluding carboxylic acids is 1. The van der Waals surface area contributed by atoms with E-state index in [2.05, 4.69) is 5.32 Å². The second-order valence-electron chi connectivity index (χ2n) is 5.32. The van der Waals surface area contributed by atoms with Crippen LogP contribution in [0.5, 0.6) is 0 Å². The maximum Gasteiger partial charge on any atom is 0.329 e. The summed E-state index contributed by atoms with van der Waals surface area (Å²) >= 11 is 1.87. The van der Waals surface area contributed by atoms with Crippen molar-refractivity contribution in [3.05, 3.63) is 0 Å². The van der Waals surface area contributed by atoms with Crippen molar-refractivity contribution in [2.24, 2.45) is 5.92 Å². The molecule has 1 aliphatic heterocycles. The number of aliphatic carboxylic acids is 1. The molecule has 2 aliphatic rings. The van der Waals surface area contributed by atoms with E-state index in [0.29, 0.717) is 12.8 Å². The minimum Gasteiger partial charge on any atom is -0.480 e. The lowest BCUT2D eigenvalue weighted by Crippen LogP contribution is -2.57. The smallest absolute Gasteiger partial charge is 0.329 e. The molecule has 0 spiro atoms. The molecular weight excluding hydrogens is 250 g/mol. The van der Waals surface area contributed by atoms with Crippen molar-refractivity contribution in [3.8, 4) is 0 Å². The predicted molar refractivity (Wildman–Crippen MR) is 71.6 cm³/mol. The molecule has 2 rings (SSSR count). The van der Waals surface area contributed by atoms with Crippen LogP contribution in [0.4, 0.5) is 0 Å². The molecule has 1 saturated carbocycles. The first kappa shape index (κ1) is 13.7. The normalized spacial score (nSPS) is 24.4. The molecule has 2 N–H and O–H groups in total. The third kappa shape index (κ3) is 2.99. The summed E-state index contributed by atoms with van der Waals surface area (Å²) in [4.78, 5) is 23.7. The summed E-state index contributed by atoms with van der Waals surface area (Å²) in [5.41, 5.74) is -0.986. The van der Waals surface area contributed by atoms with Crippen LogP contribution < -0.4 is 5.32 Å². The average Bonchev–Trinajstić information content (AvgIpc) is 2.40. The fourth-order valence-electron chi connectivity index (χ4n) is 2.85. The molecule has 1 heterocycles. The van der Waals surface area contributed by atoms with Gasteiger partial charge in [-0.1, -0.05) is 19.3 Å². The van der Waals surface area contributed by atoms with Crippen LogP contribution >= 0.6 is 11.8 Å². The number of hydrogen-bond acceptors (Lipinski definition) is 3. The first-order chi connectivity index (χ1) is 8.64. The van der Waals surface area contributed by atoms with Gasteiger partial charge in [0.25, 0.3) is 0 Å². The van der Waals surface area contributed by atoms with Gasteiger partial charge in [-0.15, -0.1) is 0 Å². The van der Waals surface area contributed by atoms with Crippen molar-refractivity contribution in [3.63, 3.8) is 0 Å². The van der Waals surface area contributed by atoms with E-state index in [1.165, 1.54) is 0 Å². The highest BCUT2D eigenvalue weighted by atomic mass is 32.2. The third-order valence-electron chi connectivity index (χ3n) is 4.07. The number of rotatable bonds is 3. The van der Waals surface area contributed by atoms with Crippen LogP contribution in [0.2, 0.25) is 0 Å². The Morgan fingerprint density at radius 3 is 2.28 bits per heavy atom. The van der Waals surface area contributed by atoms with Crippen LogP contribution in [-0.4, -0.2) is 34.0 Å². The van der Waals surface area contributed by atoms with Gasteiger partial charge in [-0.25, -0.2) is 4.79 Å². The molecule has 0 radical (unpaired) electrons. The first-order valence-corrected chi connectivity index (χ1v) is 7.93. The number of amides is 1. The molecule has 4 nitrogen and oxygen atoms in total. The summed E-state index contributed by atoms with van der Waals surface area (Å²) in [5, 5.41) is 12.3. The van der Waals surface area contributed by atoms with Gasteiger partial charge in [0.2, 0.25) is 5.91 Å². The van der Waals surface area contributed by atoms with Gasteiger partial charge >= 0.3 is 5.97 Å². The topological polar surface area (TPSA) is 66.4 Å². The largest absolute Gasteiger partial charge is 0.480 e. The zero-order valence-electron chi connectivity index (χ0n) is 10.6. The Balaban J connectivity index is 1.99. The van der Waals surface area contributed by atoms with Crippen molar-refractivity contribution in [1.29, 1.82) is 0 Å². The molecule has 102 valence electrons. The fraction of sp³-hybridized carbons (Fsp3) is 0.846. The Labute approximate surface area is 112 Å². The minimum absolute atomic E-state index is 0.0180. The number of nitrogens with one attached hydrogen (secondary N) is 1. The van der Waals surface area contributed by atoms with Gasteiger partial charge in [0.05, 0.1) is 0 Å². The minimum atomic E-state index is -0.986. The highest BCUT2D eigenvalue weighted by Crippen LogP contribution is 2.30. The van der Waals surface area contributed by atoms with E-state index in [9.17, 15) is 14.7 Å². The van der Waals surface area contributed by atoms with E-state index in [4.69, 9.17) is 0 Å². The molecule has 0 unspecified atom stereocenters. The highest BCUT2D eigenvalue weighted by molar-refractivity contribution is 7.99. The van der Waals surface area contributed by atoms with E-state index in [1.807, 2.05) is 11.8 Å². The number of carbonyl (C=O) groups is 2. The average molecular weight is 271 g/mol. The highest BCUT2D eigenvalue weighted by Gasteiger charge is 2.42. The zero-order chi connectivity index (χ0) is 13.0. The summed E-state index contributed by atoms with van der Waals surface area (Å²) in [6.45, 7) is 0. The van der Waals surface area contributed by atoms with Gasteiger partial charge in [0, 0.05) is 5.92 Å². The van der Waals surface area contributed by atoms with Crippen molar-refractivity contribution >= 4 is 23.6 Å². The molecule has 0 atom stereocenters. The monoisotopic (exact) mass is 271 g/mol. The molecule has 18 heavy (non-hydrogen) atoms. The summed E-state index contributed by atoms with van der Waals surface area (Å²) in [7, 11) is 0. The number of carboxylic acid groups (broad SMARTS) is 1.